The third kappa shape index (κ3) is 3.98. The van der Waals surface area contributed by atoms with Gasteiger partial charge in [0.15, 0.2) is 0 Å². The van der Waals surface area contributed by atoms with Gasteiger partial charge in [-0.15, -0.1) is 0 Å². The molecule has 17 heavy (non-hydrogen) atoms. The molecule has 94 valence electrons. The summed E-state index contributed by atoms with van der Waals surface area (Å²) in [6, 6.07) is 8.05. The minimum Gasteiger partial charge on any atom is -0.378 e. The number of rotatable bonds is 5. The highest BCUT2D eigenvalue weighted by Crippen LogP contribution is 2.22. The maximum atomic E-state index is 5.99. The molecule has 0 saturated carbocycles. The summed E-state index contributed by atoms with van der Waals surface area (Å²) < 4.78 is 5.67. The molecule has 0 aliphatic carbocycles. The Morgan fingerprint density at radius 2 is 2.35 bits per heavy atom. The third-order valence-electron chi connectivity index (χ3n) is 3.37. The molecule has 0 amide bonds. The van der Waals surface area contributed by atoms with Gasteiger partial charge in [-0.1, -0.05) is 23.7 Å². The topological polar surface area (TPSA) is 35.2 Å². The van der Waals surface area contributed by atoms with E-state index >= 15 is 0 Å². The van der Waals surface area contributed by atoms with E-state index in [1.54, 1.807) is 0 Å². The fraction of sp³-hybridized carbons (Fsp3) is 0.571. The van der Waals surface area contributed by atoms with Crippen molar-refractivity contribution in [2.24, 2.45) is 11.7 Å². The molecule has 1 aromatic rings. The van der Waals surface area contributed by atoms with Crippen molar-refractivity contribution in [3.8, 4) is 0 Å². The first-order valence-corrected chi connectivity index (χ1v) is 6.72. The van der Waals surface area contributed by atoms with Gasteiger partial charge in [-0.3, -0.25) is 0 Å². The van der Waals surface area contributed by atoms with Crippen LogP contribution in [0.15, 0.2) is 24.3 Å². The van der Waals surface area contributed by atoms with E-state index in [1.165, 1.54) is 18.4 Å². The Hall–Kier alpha value is -0.570. The standard InChI is InChI=1S/C14H20ClNO/c15-13-4-1-3-11(8-13)7-12(10-16)9-14-5-2-6-17-14/h1,3-4,8,12,14H,2,5-7,9-10,16H2. The van der Waals surface area contributed by atoms with Gasteiger partial charge in [0, 0.05) is 11.6 Å². The minimum atomic E-state index is 0.419. The van der Waals surface area contributed by atoms with Crippen LogP contribution in [0.3, 0.4) is 0 Å². The van der Waals surface area contributed by atoms with Crippen LogP contribution in [0.1, 0.15) is 24.8 Å². The lowest BCUT2D eigenvalue weighted by molar-refractivity contribution is 0.0905. The first kappa shape index (κ1) is 12.9. The molecule has 0 spiro atoms. The van der Waals surface area contributed by atoms with Crippen LogP contribution in [0.5, 0.6) is 0 Å². The Bertz CT molecular complexity index is 350. The molecule has 1 saturated heterocycles. The molecule has 1 heterocycles. The zero-order chi connectivity index (χ0) is 12.1. The number of hydrogen-bond acceptors (Lipinski definition) is 2. The predicted molar refractivity (Wildman–Crippen MR) is 71.3 cm³/mol. The van der Waals surface area contributed by atoms with Crippen LogP contribution in [-0.4, -0.2) is 19.3 Å². The third-order valence-corrected chi connectivity index (χ3v) is 3.60. The Kier molecular flexibility index (Phi) is 4.84. The van der Waals surface area contributed by atoms with Crippen LogP contribution >= 0.6 is 11.6 Å². The molecule has 1 aliphatic rings. The molecule has 0 aromatic heterocycles. The van der Waals surface area contributed by atoms with E-state index in [9.17, 15) is 0 Å². The Balaban J connectivity index is 1.90. The summed E-state index contributed by atoms with van der Waals surface area (Å²) in [6.07, 6.45) is 4.87. The largest absolute Gasteiger partial charge is 0.378 e. The molecular formula is C14H20ClNO. The normalized spacial score (nSPS) is 21.6. The molecule has 1 aromatic carbocycles. The fourth-order valence-electron chi connectivity index (χ4n) is 2.46. The van der Waals surface area contributed by atoms with Crippen molar-refractivity contribution < 1.29 is 4.74 Å². The summed E-state index contributed by atoms with van der Waals surface area (Å²) in [5.74, 6) is 0.497. The Morgan fingerprint density at radius 1 is 1.47 bits per heavy atom. The van der Waals surface area contributed by atoms with E-state index < -0.39 is 0 Å². The van der Waals surface area contributed by atoms with Gasteiger partial charge < -0.3 is 10.5 Å². The van der Waals surface area contributed by atoms with Crippen molar-refractivity contribution in [3.05, 3.63) is 34.9 Å². The van der Waals surface area contributed by atoms with Crippen molar-refractivity contribution in [1.82, 2.24) is 0 Å². The monoisotopic (exact) mass is 253 g/mol. The van der Waals surface area contributed by atoms with Crippen LogP contribution in [0.2, 0.25) is 5.02 Å². The average Bonchev–Trinajstić information content (AvgIpc) is 2.81. The van der Waals surface area contributed by atoms with Gasteiger partial charge in [0.1, 0.15) is 0 Å². The summed E-state index contributed by atoms with van der Waals surface area (Å²) in [5, 5.41) is 0.801. The second-order valence-corrected chi connectivity index (χ2v) is 5.24. The number of hydrogen-bond donors (Lipinski definition) is 1. The lowest BCUT2D eigenvalue weighted by Crippen LogP contribution is -2.22. The van der Waals surface area contributed by atoms with Gasteiger partial charge in [-0.25, -0.2) is 0 Å². The Labute approximate surface area is 108 Å². The number of benzene rings is 1. The van der Waals surface area contributed by atoms with Crippen LogP contribution in [0.25, 0.3) is 0 Å². The second-order valence-electron chi connectivity index (χ2n) is 4.81. The molecule has 2 N–H and O–H groups in total. The van der Waals surface area contributed by atoms with Crippen molar-refractivity contribution in [2.45, 2.75) is 31.8 Å². The van der Waals surface area contributed by atoms with Crippen molar-refractivity contribution in [3.63, 3.8) is 0 Å². The highest BCUT2D eigenvalue weighted by atomic mass is 35.5. The first-order valence-electron chi connectivity index (χ1n) is 6.34. The second kappa shape index (κ2) is 6.39. The number of halogens is 1. The minimum absolute atomic E-state index is 0.419. The van der Waals surface area contributed by atoms with Gasteiger partial charge in [-0.05, 0) is 55.8 Å². The van der Waals surface area contributed by atoms with Gasteiger partial charge in [0.05, 0.1) is 6.10 Å². The van der Waals surface area contributed by atoms with E-state index in [-0.39, 0.29) is 0 Å². The number of nitrogens with two attached hydrogens (primary N) is 1. The molecule has 1 aliphatic heterocycles. The molecule has 2 atom stereocenters. The van der Waals surface area contributed by atoms with Crippen LogP contribution in [0.4, 0.5) is 0 Å². The smallest absolute Gasteiger partial charge is 0.0579 e. The van der Waals surface area contributed by atoms with Crippen molar-refractivity contribution >= 4 is 11.6 Å². The quantitative estimate of drug-likeness (QED) is 0.876. The first-order chi connectivity index (χ1) is 8.28. The molecule has 0 bridgehead atoms. The summed E-state index contributed by atoms with van der Waals surface area (Å²) >= 11 is 5.99. The maximum absolute atomic E-state index is 5.99. The van der Waals surface area contributed by atoms with Gasteiger partial charge >= 0.3 is 0 Å². The molecule has 1 fully saturated rings. The molecule has 2 unspecified atom stereocenters. The molecule has 2 nitrogen and oxygen atoms in total. The van der Waals surface area contributed by atoms with E-state index in [2.05, 4.69) is 6.07 Å². The van der Waals surface area contributed by atoms with Crippen LogP contribution < -0.4 is 5.73 Å². The van der Waals surface area contributed by atoms with E-state index in [0.29, 0.717) is 18.6 Å². The van der Waals surface area contributed by atoms with Gasteiger partial charge in [0.2, 0.25) is 0 Å². The SMILES string of the molecule is NCC(Cc1cccc(Cl)c1)CC1CCCO1. The van der Waals surface area contributed by atoms with Crippen LogP contribution in [0, 0.1) is 5.92 Å². The van der Waals surface area contributed by atoms with E-state index in [0.717, 1.165) is 24.5 Å². The highest BCUT2D eigenvalue weighted by Gasteiger charge is 2.20. The lowest BCUT2D eigenvalue weighted by Gasteiger charge is -2.18. The molecular weight excluding hydrogens is 234 g/mol. The lowest BCUT2D eigenvalue weighted by atomic mass is 9.93. The highest BCUT2D eigenvalue weighted by molar-refractivity contribution is 6.30. The average molecular weight is 254 g/mol. The Morgan fingerprint density at radius 3 is 3.00 bits per heavy atom. The zero-order valence-electron chi connectivity index (χ0n) is 10.1. The zero-order valence-corrected chi connectivity index (χ0v) is 10.8. The van der Waals surface area contributed by atoms with E-state index in [4.69, 9.17) is 22.1 Å². The van der Waals surface area contributed by atoms with Gasteiger partial charge in [0.25, 0.3) is 0 Å². The fourth-order valence-corrected chi connectivity index (χ4v) is 2.68. The predicted octanol–water partition coefficient (Wildman–Crippen LogP) is 3.03. The summed E-state index contributed by atoms with van der Waals surface area (Å²) in [4.78, 5) is 0. The molecule has 2 rings (SSSR count). The summed E-state index contributed by atoms with van der Waals surface area (Å²) in [5.41, 5.74) is 7.12. The van der Waals surface area contributed by atoms with Crippen molar-refractivity contribution in [2.75, 3.05) is 13.2 Å². The molecule has 3 heteroatoms. The number of ether oxygens (including phenoxy) is 1. The van der Waals surface area contributed by atoms with E-state index in [1.807, 2.05) is 18.2 Å². The summed E-state index contributed by atoms with van der Waals surface area (Å²) in [6.45, 7) is 1.63. The summed E-state index contributed by atoms with van der Waals surface area (Å²) in [7, 11) is 0. The van der Waals surface area contributed by atoms with Crippen molar-refractivity contribution in [1.29, 1.82) is 0 Å². The molecule has 0 radical (unpaired) electrons. The van der Waals surface area contributed by atoms with Gasteiger partial charge in [-0.2, -0.15) is 0 Å². The maximum Gasteiger partial charge on any atom is 0.0579 e. The van der Waals surface area contributed by atoms with Crippen LogP contribution in [-0.2, 0) is 11.2 Å².